The second-order valence-electron chi connectivity index (χ2n) is 9.21. The minimum absolute atomic E-state index is 0.135. The second kappa shape index (κ2) is 11.1. The van der Waals surface area contributed by atoms with Crippen LogP contribution in [0.5, 0.6) is 5.75 Å². The Kier molecular flexibility index (Phi) is 7.73. The zero-order chi connectivity index (χ0) is 25.7. The third kappa shape index (κ3) is 5.59. The van der Waals surface area contributed by atoms with Crippen molar-refractivity contribution in [2.75, 3.05) is 0 Å². The van der Waals surface area contributed by atoms with Gasteiger partial charge in [0.15, 0.2) is 0 Å². The number of phenolic OH excluding ortho intramolecular Hbond substituents is 1. The lowest BCUT2D eigenvalue weighted by Gasteiger charge is -2.20. The third-order valence-corrected chi connectivity index (χ3v) is 6.65. The van der Waals surface area contributed by atoms with E-state index >= 15 is 0 Å². The highest BCUT2D eigenvalue weighted by Crippen LogP contribution is 2.28. The van der Waals surface area contributed by atoms with Gasteiger partial charge in [-0.25, -0.2) is 4.99 Å². The molecule has 36 heavy (non-hydrogen) atoms. The number of aryl methyl sites for hydroxylation is 2. The van der Waals surface area contributed by atoms with Crippen molar-refractivity contribution in [2.45, 2.75) is 58.4 Å². The largest absolute Gasteiger partial charge is 0.508 e. The van der Waals surface area contributed by atoms with E-state index in [0.29, 0.717) is 23.4 Å². The van der Waals surface area contributed by atoms with Gasteiger partial charge < -0.3 is 26.5 Å². The number of pyridine rings is 1. The van der Waals surface area contributed by atoms with Crippen LogP contribution >= 0.6 is 0 Å². The normalized spacial score (nSPS) is 15.9. The number of hydrogen-bond donors (Lipinski definition) is 5. The average molecular weight is 487 g/mol. The zero-order valence-corrected chi connectivity index (χ0v) is 20.8. The molecule has 4 rings (SSSR count). The summed E-state index contributed by atoms with van der Waals surface area (Å²) in [7, 11) is 0. The highest BCUT2D eigenvalue weighted by Gasteiger charge is 2.21. The van der Waals surface area contributed by atoms with E-state index in [9.17, 15) is 9.90 Å². The van der Waals surface area contributed by atoms with Crippen molar-refractivity contribution in [1.29, 1.82) is 0 Å². The number of hydrogen-bond acceptors (Lipinski definition) is 5. The first-order valence-corrected chi connectivity index (χ1v) is 12.4. The molecule has 2 heterocycles. The van der Waals surface area contributed by atoms with Crippen molar-refractivity contribution in [3.63, 3.8) is 0 Å². The molecular weight excluding hydrogens is 452 g/mol. The Hall–Kier alpha value is -4.07. The highest BCUT2D eigenvalue weighted by atomic mass is 16.3. The Morgan fingerprint density at radius 1 is 1.14 bits per heavy atom. The van der Waals surface area contributed by atoms with Crippen molar-refractivity contribution in [1.82, 2.24) is 9.97 Å². The van der Waals surface area contributed by atoms with Gasteiger partial charge in [-0.15, -0.1) is 0 Å². The molecule has 1 aromatic carbocycles. The molecule has 0 atom stereocenters. The summed E-state index contributed by atoms with van der Waals surface area (Å²) >= 11 is 0. The molecule has 0 spiro atoms. The number of rotatable bonds is 7. The summed E-state index contributed by atoms with van der Waals surface area (Å²) in [6, 6.07) is 8.79. The number of nitrogens with two attached hydrogens (primary N) is 2. The molecule has 1 fully saturated rings. The third-order valence-electron chi connectivity index (χ3n) is 6.65. The van der Waals surface area contributed by atoms with Crippen molar-refractivity contribution >= 4 is 17.2 Å². The smallest absolute Gasteiger partial charge is 0.248 e. The van der Waals surface area contributed by atoms with Gasteiger partial charge in [0.2, 0.25) is 5.56 Å². The zero-order valence-electron chi connectivity index (χ0n) is 20.8. The molecule has 0 aliphatic heterocycles. The molecule has 188 valence electrons. The van der Waals surface area contributed by atoms with Crippen LogP contribution in [0.1, 0.15) is 55.8 Å². The van der Waals surface area contributed by atoms with Crippen molar-refractivity contribution in [3.05, 3.63) is 81.7 Å². The molecule has 0 amide bonds. The Balaban J connectivity index is 1.77. The number of phenols is 1. The van der Waals surface area contributed by atoms with Crippen LogP contribution in [0.15, 0.2) is 69.3 Å². The molecule has 8 nitrogen and oxygen atoms in total. The molecule has 0 unspecified atom stereocenters. The number of aromatic amines is 2. The van der Waals surface area contributed by atoms with E-state index < -0.39 is 0 Å². The maximum atomic E-state index is 11.7. The molecule has 3 aromatic rings. The van der Waals surface area contributed by atoms with E-state index in [-0.39, 0.29) is 23.2 Å². The number of aromatic hydroxyl groups is 1. The van der Waals surface area contributed by atoms with Gasteiger partial charge in [-0.3, -0.25) is 9.79 Å². The van der Waals surface area contributed by atoms with E-state index in [0.717, 1.165) is 53.6 Å². The Labute approximate surface area is 210 Å². The molecule has 2 aromatic heterocycles. The van der Waals surface area contributed by atoms with Gasteiger partial charge in [-0.1, -0.05) is 26.2 Å². The summed E-state index contributed by atoms with van der Waals surface area (Å²) in [5.41, 5.74) is 18.8. The van der Waals surface area contributed by atoms with Gasteiger partial charge in [-0.2, -0.15) is 0 Å². The molecule has 7 N–H and O–H groups in total. The lowest BCUT2D eigenvalue weighted by Crippen LogP contribution is -2.25. The number of nitrogens with zero attached hydrogens (tertiary/aromatic N) is 2. The Morgan fingerprint density at radius 2 is 1.92 bits per heavy atom. The maximum absolute atomic E-state index is 11.7. The van der Waals surface area contributed by atoms with Gasteiger partial charge >= 0.3 is 0 Å². The minimum atomic E-state index is -0.135. The fraction of sp³-hybridized carbons (Fsp3) is 0.321. The number of nitrogens with one attached hydrogen (secondary N) is 2. The lowest BCUT2D eigenvalue weighted by molar-refractivity contribution is 0.443. The first-order chi connectivity index (χ1) is 17.4. The van der Waals surface area contributed by atoms with E-state index in [2.05, 4.69) is 15.0 Å². The molecule has 1 aliphatic rings. The van der Waals surface area contributed by atoms with Gasteiger partial charge in [0.1, 0.15) is 11.6 Å². The Morgan fingerprint density at radius 3 is 2.61 bits per heavy atom. The van der Waals surface area contributed by atoms with Gasteiger partial charge in [0.25, 0.3) is 0 Å². The number of benzene rings is 1. The summed E-state index contributed by atoms with van der Waals surface area (Å²) in [5.74, 6) is 0.443. The summed E-state index contributed by atoms with van der Waals surface area (Å²) < 4.78 is 0. The Bertz CT molecular complexity index is 1370. The van der Waals surface area contributed by atoms with Crippen molar-refractivity contribution < 1.29 is 5.11 Å². The summed E-state index contributed by atoms with van der Waals surface area (Å²) in [5, 5.41) is 9.85. The number of aromatic nitrogens is 2. The van der Waals surface area contributed by atoms with Crippen LogP contribution in [0, 0.1) is 6.92 Å². The highest BCUT2D eigenvalue weighted by molar-refractivity contribution is 6.29. The fourth-order valence-electron chi connectivity index (χ4n) is 4.69. The van der Waals surface area contributed by atoms with Crippen LogP contribution in [0.2, 0.25) is 0 Å². The molecule has 0 saturated heterocycles. The fourth-order valence-corrected chi connectivity index (χ4v) is 4.69. The predicted octanol–water partition coefficient (Wildman–Crippen LogP) is 4.60. The predicted molar refractivity (Wildman–Crippen MR) is 146 cm³/mol. The summed E-state index contributed by atoms with van der Waals surface area (Å²) in [6.45, 7) is 3.91. The standard InChI is InChI=1S/C28H34N6O2/c1-3-18-12-21(35)9-10-24(18)34-28(30)22(14-29)27(33-20-7-5-4-6-8-20)25-13-19(15-31-25)23-16-32-26(36)11-17(23)2/h9-16,20,31,35H,3-8,29H2,1-2H3,(H2,30,34)(H,32,36)/b22-14+,33-27?. The van der Waals surface area contributed by atoms with Crippen LogP contribution in [-0.2, 0) is 6.42 Å². The minimum Gasteiger partial charge on any atom is -0.508 e. The first kappa shape index (κ1) is 25.0. The SMILES string of the molecule is CCc1cc(O)ccc1N=C(N)/C(=C/N)C(=NC1CCCCC1)c1cc(-c2c[nH]c(=O)cc2C)c[nH]1. The van der Waals surface area contributed by atoms with Crippen LogP contribution in [-0.4, -0.2) is 32.7 Å². The van der Waals surface area contributed by atoms with Crippen molar-refractivity contribution in [3.8, 4) is 16.9 Å². The van der Waals surface area contributed by atoms with Crippen LogP contribution in [0.25, 0.3) is 11.1 Å². The van der Waals surface area contributed by atoms with Crippen molar-refractivity contribution in [2.24, 2.45) is 21.5 Å². The lowest BCUT2D eigenvalue weighted by atomic mass is 9.95. The number of amidine groups is 1. The van der Waals surface area contributed by atoms with E-state index in [4.69, 9.17) is 16.5 Å². The van der Waals surface area contributed by atoms with Gasteiger partial charge in [-0.05, 0) is 61.6 Å². The number of H-pyrrole nitrogens is 2. The van der Waals surface area contributed by atoms with E-state index in [1.807, 2.05) is 26.1 Å². The van der Waals surface area contributed by atoms with E-state index in [1.165, 1.54) is 12.6 Å². The molecule has 0 bridgehead atoms. The monoisotopic (exact) mass is 486 g/mol. The van der Waals surface area contributed by atoms with Gasteiger partial charge in [0, 0.05) is 35.8 Å². The maximum Gasteiger partial charge on any atom is 0.248 e. The van der Waals surface area contributed by atoms with Crippen LogP contribution in [0.3, 0.4) is 0 Å². The average Bonchev–Trinajstić information content (AvgIpc) is 3.35. The van der Waals surface area contributed by atoms with Gasteiger partial charge in [0.05, 0.1) is 28.7 Å². The quantitative estimate of drug-likeness (QED) is 0.245. The topological polar surface area (TPSA) is 146 Å². The first-order valence-electron chi connectivity index (χ1n) is 12.4. The molecule has 1 aliphatic carbocycles. The van der Waals surface area contributed by atoms with Crippen LogP contribution in [0.4, 0.5) is 5.69 Å². The molecule has 0 radical (unpaired) electrons. The van der Waals surface area contributed by atoms with E-state index in [1.54, 1.807) is 30.5 Å². The molecular formula is C28H34N6O2. The van der Waals surface area contributed by atoms with Crippen LogP contribution < -0.4 is 17.0 Å². The molecule has 8 heteroatoms. The summed E-state index contributed by atoms with van der Waals surface area (Å²) in [4.78, 5) is 27.6. The number of aliphatic imine (C=N–C) groups is 2. The summed E-state index contributed by atoms with van der Waals surface area (Å²) in [6.07, 6.45) is 11.3. The second-order valence-corrected chi connectivity index (χ2v) is 9.21. The molecule has 1 saturated carbocycles.